The van der Waals surface area contributed by atoms with E-state index in [9.17, 15) is 14.9 Å². The predicted molar refractivity (Wildman–Crippen MR) is 96.3 cm³/mol. The van der Waals surface area contributed by atoms with Crippen LogP contribution in [0, 0.1) is 17.0 Å². The van der Waals surface area contributed by atoms with Gasteiger partial charge in [0.25, 0.3) is 5.56 Å². The molecule has 0 saturated carbocycles. The fourth-order valence-electron chi connectivity index (χ4n) is 2.96. The van der Waals surface area contributed by atoms with Crippen molar-refractivity contribution in [2.24, 2.45) is 0 Å². The average molecular weight is 358 g/mol. The predicted octanol–water partition coefficient (Wildman–Crippen LogP) is 3.54. The van der Waals surface area contributed by atoms with E-state index in [2.05, 4.69) is 5.10 Å². The van der Waals surface area contributed by atoms with Gasteiger partial charge in [-0.3, -0.25) is 20.0 Å². The number of nitro groups is 1. The number of aryl methyl sites for hydroxylation is 1. The highest BCUT2D eigenvalue weighted by Crippen LogP contribution is 2.27. The first kappa shape index (κ1) is 17.0. The lowest BCUT2D eigenvalue weighted by atomic mass is 9.91. The maximum atomic E-state index is 12.9. The van der Waals surface area contributed by atoms with Crippen LogP contribution in [-0.4, -0.2) is 21.2 Å². The molecule has 1 aromatic heterocycles. The number of nitrogens with zero attached hydrogens (tertiary/aromatic N) is 2. The monoisotopic (exact) mass is 357 g/mol. The van der Waals surface area contributed by atoms with Crippen LogP contribution in [0.15, 0.2) is 59.4 Å². The number of nitrogens with one attached hydrogen (secondary N) is 1. The number of rotatable bonds is 5. The van der Waals surface area contributed by atoms with Gasteiger partial charge >= 0.3 is 0 Å². The third-order valence-corrected chi connectivity index (χ3v) is 4.30. The third-order valence-electron chi connectivity index (χ3n) is 4.06. The fourth-order valence-corrected chi connectivity index (χ4v) is 3.16. The number of H-pyrrole nitrogens is 1. The minimum absolute atomic E-state index is 0.296. The van der Waals surface area contributed by atoms with Gasteiger partial charge in [0.1, 0.15) is 0 Å². The van der Waals surface area contributed by atoms with Gasteiger partial charge in [-0.25, -0.2) is 4.68 Å². The van der Waals surface area contributed by atoms with Crippen LogP contribution in [0.1, 0.15) is 22.7 Å². The molecule has 128 valence electrons. The third kappa shape index (κ3) is 3.49. The van der Waals surface area contributed by atoms with Crippen molar-refractivity contribution in [1.82, 2.24) is 9.78 Å². The van der Waals surface area contributed by atoms with Crippen molar-refractivity contribution in [3.63, 3.8) is 0 Å². The lowest BCUT2D eigenvalue weighted by Crippen LogP contribution is -2.23. The molecule has 0 amide bonds. The highest BCUT2D eigenvalue weighted by Gasteiger charge is 2.27. The number of hydrogen-bond acceptors (Lipinski definition) is 3. The van der Waals surface area contributed by atoms with Gasteiger partial charge in [-0.15, -0.1) is 0 Å². The summed E-state index contributed by atoms with van der Waals surface area (Å²) in [6.07, 6.45) is 0. The maximum Gasteiger partial charge on any atom is 0.275 e. The van der Waals surface area contributed by atoms with E-state index in [0.717, 1.165) is 0 Å². The molecule has 3 aromatic rings. The molecule has 6 nitrogen and oxygen atoms in total. The lowest BCUT2D eigenvalue weighted by molar-refractivity contribution is -0.481. The topological polar surface area (TPSA) is 80.9 Å². The van der Waals surface area contributed by atoms with Crippen LogP contribution >= 0.6 is 11.6 Å². The van der Waals surface area contributed by atoms with Crippen LogP contribution < -0.4 is 5.56 Å². The second-order valence-electron chi connectivity index (χ2n) is 5.75. The molecule has 1 heterocycles. The van der Waals surface area contributed by atoms with Crippen molar-refractivity contribution in [3.05, 3.63) is 96.9 Å². The molecule has 0 aliphatic carbocycles. The Bertz CT molecular complexity index is 963. The fraction of sp³-hybridized carbons (Fsp3) is 0.167. The molecule has 1 N–H and O–H groups in total. The quantitative estimate of drug-likeness (QED) is 0.560. The van der Waals surface area contributed by atoms with E-state index in [1.54, 1.807) is 43.3 Å². The van der Waals surface area contributed by atoms with E-state index in [0.29, 0.717) is 27.5 Å². The maximum absolute atomic E-state index is 12.9. The van der Waals surface area contributed by atoms with Gasteiger partial charge in [0.05, 0.1) is 17.2 Å². The molecule has 0 saturated heterocycles. The first-order valence-corrected chi connectivity index (χ1v) is 8.09. The summed E-state index contributed by atoms with van der Waals surface area (Å²) >= 11 is 6.03. The minimum Gasteiger partial charge on any atom is -0.295 e. The smallest absolute Gasteiger partial charge is 0.275 e. The molecule has 0 spiro atoms. The molecule has 0 bridgehead atoms. The molecule has 0 unspecified atom stereocenters. The van der Waals surface area contributed by atoms with Crippen LogP contribution in [0.2, 0.25) is 5.02 Å². The van der Waals surface area contributed by atoms with Crippen molar-refractivity contribution >= 4 is 11.6 Å². The van der Waals surface area contributed by atoms with E-state index in [4.69, 9.17) is 11.6 Å². The molecular weight excluding hydrogens is 342 g/mol. The van der Waals surface area contributed by atoms with E-state index in [-0.39, 0.29) is 12.1 Å². The van der Waals surface area contributed by atoms with E-state index < -0.39 is 10.8 Å². The van der Waals surface area contributed by atoms with Crippen LogP contribution in [-0.2, 0) is 0 Å². The summed E-state index contributed by atoms with van der Waals surface area (Å²) in [5.41, 5.74) is 2.00. The molecule has 0 aliphatic rings. The first-order valence-electron chi connectivity index (χ1n) is 7.71. The van der Waals surface area contributed by atoms with Gasteiger partial charge in [0, 0.05) is 15.6 Å². The zero-order chi connectivity index (χ0) is 18.0. The second kappa shape index (κ2) is 6.94. The van der Waals surface area contributed by atoms with Gasteiger partial charge in [-0.2, -0.15) is 0 Å². The van der Waals surface area contributed by atoms with Crippen LogP contribution in [0.25, 0.3) is 5.69 Å². The summed E-state index contributed by atoms with van der Waals surface area (Å²) in [5.74, 6) is -0.678. The molecule has 25 heavy (non-hydrogen) atoms. The molecule has 0 aliphatic heterocycles. The Morgan fingerprint density at radius 1 is 1.20 bits per heavy atom. The Balaban J connectivity index is 2.15. The first-order chi connectivity index (χ1) is 12.0. The number of para-hydroxylation sites is 1. The summed E-state index contributed by atoms with van der Waals surface area (Å²) in [4.78, 5) is 23.7. The number of aromatic amines is 1. The van der Waals surface area contributed by atoms with Gasteiger partial charge in [0.2, 0.25) is 6.54 Å². The van der Waals surface area contributed by atoms with Crippen molar-refractivity contribution in [2.75, 3.05) is 6.54 Å². The Kier molecular flexibility index (Phi) is 4.72. The van der Waals surface area contributed by atoms with Gasteiger partial charge in [-0.1, -0.05) is 41.9 Å². The van der Waals surface area contributed by atoms with Gasteiger partial charge in [-0.05, 0) is 36.8 Å². The van der Waals surface area contributed by atoms with Crippen LogP contribution in [0.3, 0.4) is 0 Å². The average Bonchev–Trinajstić information content (AvgIpc) is 2.88. The Morgan fingerprint density at radius 3 is 2.56 bits per heavy atom. The summed E-state index contributed by atoms with van der Waals surface area (Å²) in [6.45, 7) is 1.36. The van der Waals surface area contributed by atoms with Crippen LogP contribution in [0.4, 0.5) is 0 Å². The molecule has 1 atom stereocenters. The Morgan fingerprint density at radius 2 is 1.92 bits per heavy atom. The summed E-state index contributed by atoms with van der Waals surface area (Å²) in [5, 5.41) is 14.7. The zero-order valence-electron chi connectivity index (χ0n) is 13.5. The Labute approximate surface area is 148 Å². The van der Waals surface area contributed by atoms with Crippen molar-refractivity contribution in [3.8, 4) is 5.69 Å². The van der Waals surface area contributed by atoms with E-state index in [1.807, 2.05) is 18.2 Å². The number of benzene rings is 2. The number of halogens is 1. The largest absolute Gasteiger partial charge is 0.295 e. The zero-order valence-corrected chi connectivity index (χ0v) is 14.2. The standard InChI is InChI=1S/C18H16ClN3O3/c1-12-17(18(23)22(20-12)15-8-3-2-4-9-15)16(11-21(24)25)13-6-5-7-14(19)10-13/h2-10,16,20H,11H2,1H3/t16-/m1/s1. The van der Waals surface area contributed by atoms with E-state index >= 15 is 0 Å². The summed E-state index contributed by atoms with van der Waals surface area (Å²) in [6, 6.07) is 15.9. The number of aromatic nitrogens is 2. The second-order valence-corrected chi connectivity index (χ2v) is 6.19. The highest BCUT2D eigenvalue weighted by molar-refractivity contribution is 6.30. The molecule has 3 rings (SSSR count). The normalized spacial score (nSPS) is 12.1. The van der Waals surface area contributed by atoms with Crippen molar-refractivity contribution in [2.45, 2.75) is 12.8 Å². The van der Waals surface area contributed by atoms with Crippen LogP contribution in [0.5, 0.6) is 0 Å². The Hall–Kier alpha value is -2.86. The highest BCUT2D eigenvalue weighted by atomic mass is 35.5. The number of hydrogen-bond donors (Lipinski definition) is 1. The molecular formula is C18H16ClN3O3. The molecule has 7 heteroatoms. The summed E-state index contributed by atoms with van der Waals surface area (Å²) < 4.78 is 1.40. The van der Waals surface area contributed by atoms with Crippen molar-refractivity contribution in [1.29, 1.82) is 0 Å². The van der Waals surface area contributed by atoms with Gasteiger partial charge < -0.3 is 0 Å². The molecule has 2 aromatic carbocycles. The molecule has 0 fully saturated rings. The lowest BCUT2D eigenvalue weighted by Gasteiger charge is -2.12. The van der Waals surface area contributed by atoms with Crippen molar-refractivity contribution < 1.29 is 4.92 Å². The van der Waals surface area contributed by atoms with E-state index in [1.165, 1.54) is 4.68 Å². The molecule has 0 radical (unpaired) electrons. The summed E-state index contributed by atoms with van der Waals surface area (Å²) in [7, 11) is 0. The minimum atomic E-state index is -0.678. The van der Waals surface area contributed by atoms with Gasteiger partial charge in [0.15, 0.2) is 0 Å². The SMILES string of the molecule is Cc1[nH]n(-c2ccccc2)c(=O)c1[C@H](C[N+](=O)[O-])c1cccc(Cl)c1.